The Morgan fingerprint density at radius 2 is 2.28 bits per heavy atom. The van der Waals surface area contributed by atoms with Crippen molar-refractivity contribution in [3.63, 3.8) is 0 Å². The van der Waals surface area contributed by atoms with Gasteiger partial charge in [-0.3, -0.25) is 4.79 Å². The van der Waals surface area contributed by atoms with E-state index in [2.05, 4.69) is 32.2 Å². The quantitative estimate of drug-likeness (QED) is 0.891. The molecular weight excluding hydrogens is 226 g/mol. The lowest BCUT2D eigenvalue weighted by Gasteiger charge is -2.27. The number of rotatable bonds is 3. The predicted molar refractivity (Wildman–Crippen MR) is 71.6 cm³/mol. The number of carbonyl (C=O) groups excluding carboxylic acids is 1. The molecule has 1 heterocycles. The minimum absolute atomic E-state index is 0.0971. The van der Waals surface area contributed by atoms with Crippen LogP contribution in [0.1, 0.15) is 43.9 Å². The fourth-order valence-corrected chi connectivity index (χ4v) is 2.29. The van der Waals surface area contributed by atoms with Gasteiger partial charge < -0.3 is 10.1 Å². The van der Waals surface area contributed by atoms with Gasteiger partial charge in [0.05, 0.1) is 12.6 Å². The maximum atomic E-state index is 11.9. The van der Waals surface area contributed by atoms with Crippen LogP contribution in [0.3, 0.4) is 0 Å². The highest BCUT2D eigenvalue weighted by Crippen LogP contribution is 2.32. The number of nitrogens with one attached hydrogen (secondary N) is 1. The Bertz CT molecular complexity index is 440. The Balaban J connectivity index is 2.12. The number of hydrogen-bond donors (Lipinski definition) is 1. The Morgan fingerprint density at radius 1 is 1.50 bits per heavy atom. The molecule has 1 aliphatic rings. The molecule has 1 amide bonds. The van der Waals surface area contributed by atoms with Gasteiger partial charge in [0.15, 0.2) is 0 Å². The summed E-state index contributed by atoms with van der Waals surface area (Å²) < 4.78 is 5.62. The van der Waals surface area contributed by atoms with Crippen LogP contribution in [0.4, 0.5) is 0 Å². The first-order valence-corrected chi connectivity index (χ1v) is 6.59. The Kier molecular flexibility index (Phi) is 3.90. The number of amides is 1. The summed E-state index contributed by atoms with van der Waals surface area (Å²) in [6, 6.07) is 6.23. The van der Waals surface area contributed by atoms with Crippen molar-refractivity contribution < 1.29 is 9.53 Å². The van der Waals surface area contributed by atoms with Crippen molar-refractivity contribution in [1.29, 1.82) is 0 Å². The summed E-state index contributed by atoms with van der Waals surface area (Å²) in [5.74, 6) is 1.42. The Hall–Kier alpha value is -1.51. The van der Waals surface area contributed by atoms with Crippen LogP contribution in [-0.2, 0) is 4.79 Å². The molecule has 2 rings (SSSR count). The summed E-state index contributed by atoms with van der Waals surface area (Å²) >= 11 is 0. The van der Waals surface area contributed by atoms with Crippen LogP contribution < -0.4 is 10.1 Å². The van der Waals surface area contributed by atoms with Crippen LogP contribution in [0, 0.1) is 12.8 Å². The van der Waals surface area contributed by atoms with E-state index < -0.39 is 0 Å². The monoisotopic (exact) mass is 247 g/mol. The lowest BCUT2D eigenvalue weighted by molar-refractivity contribution is -0.122. The lowest BCUT2D eigenvalue weighted by atomic mass is 9.98. The molecule has 1 aromatic rings. The molecule has 18 heavy (non-hydrogen) atoms. The highest BCUT2D eigenvalue weighted by atomic mass is 16.5. The summed E-state index contributed by atoms with van der Waals surface area (Å²) in [6.45, 7) is 6.84. The van der Waals surface area contributed by atoms with E-state index in [9.17, 15) is 4.79 Å². The highest BCUT2D eigenvalue weighted by molar-refractivity contribution is 5.76. The number of aryl methyl sites for hydroxylation is 1. The number of hydrogen-bond acceptors (Lipinski definition) is 2. The van der Waals surface area contributed by atoms with Crippen LogP contribution in [0.15, 0.2) is 18.2 Å². The van der Waals surface area contributed by atoms with Gasteiger partial charge in [0.25, 0.3) is 0 Å². The summed E-state index contributed by atoms with van der Waals surface area (Å²) in [5.41, 5.74) is 2.31. The summed E-state index contributed by atoms with van der Waals surface area (Å²) in [5, 5.41) is 3.11. The first-order valence-electron chi connectivity index (χ1n) is 6.59. The average molecular weight is 247 g/mol. The van der Waals surface area contributed by atoms with Crippen LogP contribution in [0.25, 0.3) is 0 Å². The second-order valence-electron chi connectivity index (χ2n) is 5.40. The van der Waals surface area contributed by atoms with Gasteiger partial charge in [-0.15, -0.1) is 0 Å². The molecule has 0 aliphatic carbocycles. The van der Waals surface area contributed by atoms with E-state index in [1.165, 1.54) is 5.56 Å². The summed E-state index contributed by atoms with van der Waals surface area (Å²) in [4.78, 5) is 11.9. The Morgan fingerprint density at radius 3 is 3.00 bits per heavy atom. The van der Waals surface area contributed by atoms with Gasteiger partial charge in [0.2, 0.25) is 5.91 Å². The maximum Gasteiger partial charge on any atom is 0.220 e. The Labute approximate surface area is 109 Å². The number of benzene rings is 1. The zero-order valence-corrected chi connectivity index (χ0v) is 11.3. The van der Waals surface area contributed by atoms with E-state index in [0.29, 0.717) is 18.9 Å². The summed E-state index contributed by atoms with van der Waals surface area (Å²) in [7, 11) is 0. The molecule has 0 saturated heterocycles. The largest absolute Gasteiger partial charge is 0.493 e. The van der Waals surface area contributed by atoms with Gasteiger partial charge in [0, 0.05) is 18.4 Å². The summed E-state index contributed by atoms with van der Waals surface area (Å²) in [6.07, 6.45) is 1.43. The van der Waals surface area contributed by atoms with Crippen molar-refractivity contribution >= 4 is 5.91 Å². The third kappa shape index (κ3) is 3.03. The molecule has 0 fully saturated rings. The van der Waals surface area contributed by atoms with Crippen LogP contribution in [-0.4, -0.2) is 12.5 Å². The van der Waals surface area contributed by atoms with E-state index in [-0.39, 0.29) is 11.9 Å². The molecule has 1 N–H and O–H groups in total. The molecule has 3 nitrogen and oxygen atoms in total. The SMILES string of the molecule is Cc1ccc2c(c1)C(NC(=O)CC(C)C)CCO2. The van der Waals surface area contributed by atoms with E-state index >= 15 is 0 Å². The normalized spacial score (nSPS) is 18.1. The van der Waals surface area contributed by atoms with E-state index in [0.717, 1.165) is 17.7 Å². The van der Waals surface area contributed by atoms with Gasteiger partial charge in [-0.1, -0.05) is 31.5 Å². The maximum absolute atomic E-state index is 11.9. The van der Waals surface area contributed by atoms with E-state index in [1.54, 1.807) is 0 Å². The second kappa shape index (κ2) is 5.42. The molecule has 0 radical (unpaired) electrons. The van der Waals surface area contributed by atoms with Crippen molar-refractivity contribution in [2.24, 2.45) is 5.92 Å². The second-order valence-corrected chi connectivity index (χ2v) is 5.40. The topological polar surface area (TPSA) is 38.3 Å². The molecule has 1 aliphatic heterocycles. The van der Waals surface area contributed by atoms with Crippen molar-refractivity contribution in [2.75, 3.05) is 6.61 Å². The molecule has 0 spiro atoms. The third-order valence-corrected chi connectivity index (χ3v) is 3.13. The van der Waals surface area contributed by atoms with Gasteiger partial charge in [-0.05, 0) is 18.9 Å². The minimum Gasteiger partial charge on any atom is -0.493 e. The third-order valence-electron chi connectivity index (χ3n) is 3.13. The number of carbonyl (C=O) groups is 1. The first kappa shape index (κ1) is 12.9. The standard InChI is InChI=1S/C15H21NO2/c1-10(2)8-15(17)16-13-6-7-18-14-5-4-11(3)9-12(13)14/h4-5,9-10,13H,6-8H2,1-3H3,(H,16,17). The molecule has 1 atom stereocenters. The van der Waals surface area contributed by atoms with Gasteiger partial charge in [-0.25, -0.2) is 0 Å². The minimum atomic E-state index is 0.0971. The zero-order chi connectivity index (χ0) is 13.1. The molecule has 0 bridgehead atoms. The van der Waals surface area contributed by atoms with Crippen molar-refractivity contribution in [3.05, 3.63) is 29.3 Å². The molecule has 3 heteroatoms. The van der Waals surface area contributed by atoms with E-state index in [4.69, 9.17) is 4.74 Å². The lowest BCUT2D eigenvalue weighted by Crippen LogP contribution is -2.32. The average Bonchev–Trinajstić information content (AvgIpc) is 2.28. The van der Waals surface area contributed by atoms with Gasteiger partial charge >= 0.3 is 0 Å². The van der Waals surface area contributed by atoms with Crippen molar-refractivity contribution in [1.82, 2.24) is 5.32 Å². The smallest absolute Gasteiger partial charge is 0.220 e. The molecule has 98 valence electrons. The number of fused-ring (bicyclic) bond motifs is 1. The molecule has 1 unspecified atom stereocenters. The van der Waals surface area contributed by atoms with Gasteiger partial charge in [-0.2, -0.15) is 0 Å². The molecule has 0 aromatic heterocycles. The van der Waals surface area contributed by atoms with Crippen LogP contribution in [0.5, 0.6) is 5.75 Å². The zero-order valence-electron chi connectivity index (χ0n) is 11.3. The predicted octanol–water partition coefficient (Wildman–Crippen LogP) is 2.98. The molecular formula is C15H21NO2. The van der Waals surface area contributed by atoms with Crippen LogP contribution >= 0.6 is 0 Å². The highest BCUT2D eigenvalue weighted by Gasteiger charge is 2.23. The van der Waals surface area contributed by atoms with Crippen molar-refractivity contribution in [3.8, 4) is 5.75 Å². The van der Waals surface area contributed by atoms with E-state index in [1.807, 2.05) is 12.1 Å². The van der Waals surface area contributed by atoms with Crippen LogP contribution in [0.2, 0.25) is 0 Å². The fraction of sp³-hybridized carbons (Fsp3) is 0.533. The van der Waals surface area contributed by atoms with Gasteiger partial charge in [0.1, 0.15) is 5.75 Å². The molecule has 1 aromatic carbocycles. The van der Waals surface area contributed by atoms with Crippen molar-refractivity contribution in [2.45, 2.75) is 39.7 Å². The fourth-order valence-electron chi connectivity index (χ4n) is 2.29. The first-order chi connectivity index (χ1) is 8.56. The molecule has 0 saturated carbocycles. The number of ether oxygens (including phenoxy) is 1.